The molecule has 0 saturated heterocycles. The van der Waals surface area contributed by atoms with Crippen molar-refractivity contribution in [1.82, 2.24) is 0 Å². The third kappa shape index (κ3) is 3.30. The number of carboxylic acids is 1. The molecular weight excluding hydrogens is 214 g/mol. The van der Waals surface area contributed by atoms with Crippen molar-refractivity contribution < 1.29 is 9.90 Å². The third-order valence-corrected chi connectivity index (χ3v) is 3.08. The first-order valence-corrected chi connectivity index (χ1v) is 5.98. The van der Waals surface area contributed by atoms with Gasteiger partial charge in [-0.2, -0.15) is 0 Å². The van der Waals surface area contributed by atoms with Gasteiger partial charge in [-0.3, -0.25) is 4.79 Å². The molecule has 3 N–H and O–H groups in total. The molecule has 0 aromatic heterocycles. The van der Waals surface area contributed by atoms with E-state index >= 15 is 0 Å². The average molecular weight is 235 g/mol. The molecule has 0 spiro atoms. The molecule has 0 aliphatic carbocycles. The molecule has 0 saturated carbocycles. The highest BCUT2D eigenvalue weighted by Gasteiger charge is 2.22. The maximum atomic E-state index is 11.4. The van der Waals surface area contributed by atoms with E-state index in [1.165, 1.54) is 5.56 Å². The highest BCUT2D eigenvalue weighted by molar-refractivity contribution is 5.77. The van der Waals surface area contributed by atoms with Gasteiger partial charge in [0.2, 0.25) is 0 Å². The fourth-order valence-corrected chi connectivity index (χ4v) is 2.45. The van der Waals surface area contributed by atoms with Crippen LogP contribution in [-0.4, -0.2) is 17.6 Å². The highest BCUT2D eigenvalue weighted by Crippen LogP contribution is 2.28. The van der Waals surface area contributed by atoms with Crippen LogP contribution in [0, 0.1) is 20.8 Å². The molecule has 0 aliphatic rings. The van der Waals surface area contributed by atoms with E-state index in [9.17, 15) is 9.90 Å². The van der Waals surface area contributed by atoms with Crippen LogP contribution in [0.1, 0.15) is 41.0 Å². The van der Waals surface area contributed by atoms with Gasteiger partial charge in [0.15, 0.2) is 0 Å². The van der Waals surface area contributed by atoms with Crippen LogP contribution < -0.4 is 5.73 Å². The third-order valence-electron chi connectivity index (χ3n) is 3.08. The molecule has 1 aromatic rings. The summed E-state index contributed by atoms with van der Waals surface area (Å²) in [4.78, 5) is 11.4. The summed E-state index contributed by atoms with van der Waals surface area (Å²) in [7, 11) is 0. The SMILES string of the molecule is Cc1cc(C)c(C(CCCN)C(=O)O)c(C)c1. The summed E-state index contributed by atoms with van der Waals surface area (Å²) >= 11 is 0. The van der Waals surface area contributed by atoms with Crippen LogP contribution in [0.4, 0.5) is 0 Å². The van der Waals surface area contributed by atoms with E-state index in [0.717, 1.165) is 23.1 Å². The molecular formula is C14H21NO2. The molecule has 17 heavy (non-hydrogen) atoms. The van der Waals surface area contributed by atoms with E-state index in [4.69, 9.17) is 5.73 Å². The lowest BCUT2D eigenvalue weighted by atomic mass is 9.86. The number of aliphatic carboxylic acids is 1. The van der Waals surface area contributed by atoms with Gasteiger partial charge in [-0.25, -0.2) is 0 Å². The first-order valence-electron chi connectivity index (χ1n) is 5.98. The highest BCUT2D eigenvalue weighted by atomic mass is 16.4. The largest absolute Gasteiger partial charge is 0.481 e. The number of benzene rings is 1. The standard InChI is InChI=1S/C14H21NO2/c1-9-7-10(2)13(11(3)8-9)12(14(16)17)5-4-6-15/h7-8,12H,4-6,15H2,1-3H3,(H,16,17). The van der Waals surface area contributed by atoms with Gasteiger partial charge in [-0.1, -0.05) is 17.7 Å². The molecule has 0 radical (unpaired) electrons. The lowest BCUT2D eigenvalue weighted by molar-refractivity contribution is -0.139. The molecule has 1 unspecified atom stereocenters. The van der Waals surface area contributed by atoms with E-state index < -0.39 is 11.9 Å². The molecule has 0 amide bonds. The summed E-state index contributed by atoms with van der Waals surface area (Å²) in [6, 6.07) is 4.08. The van der Waals surface area contributed by atoms with Crippen LogP contribution in [0.15, 0.2) is 12.1 Å². The zero-order valence-corrected chi connectivity index (χ0v) is 10.8. The fraction of sp³-hybridized carbons (Fsp3) is 0.500. The van der Waals surface area contributed by atoms with Crippen molar-refractivity contribution in [3.63, 3.8) is 0 Å². The molecule has 1 rings (SSSR count). The van der Waals surface area contributed by atoms with Gasteiger partial charge in [0, 0.05) is 0 Å². The summed E-state index contributed by atoms with van der Waals surface area (Å²) in [6.45, 7) is 6.52. The van der Waals surface area contributed by atoms with Gasteiger partial charge in [-0.05, 0) is 56.8 Å². The molecule has 1 atom stereocenters. The molecule has 3 nitrogen and oxygen atoms in total. The number of rotatable bonds is 5. The van der Waals surface area contributed by atoms with Crippen LogP contribution >= 0.6 is 0 Å². The second-order valence-electron chi connectivity index (χ2n) is 4.63. The first kappa shape index (κ1) is 13.7. The maximum Gasteiger partial charge on any atom is 0.310 e. The van der Waals surface area contributed by atoms with Gasteiger partial charge >= 0.3 is 5.97 Å². The Bertz CT molecular complexity index is 390. The van der Waals surface area contributed by atoms with E-state index in [2.05, 4.69) is 0 Å². The number of carbonyl (C=O) groups is 1. The van der Waals surface area contributed by atoms with Gasteiger partial charge in [0.05, 0.1) is 5.92 Å². The van der Waals surface area contributed by atoms with Crippen LogP contribution in [0.2, 0.25) is 0 Å². The first-order chi connectivity index (χ1) is 7.97. The van der Waals surface area contributed by atoms with Gasteiger partial charge in [0.25, 0.3) is 0 Å². The van der Waals surface area contributed by atoms with Gasteiger partial charge in [-0.15, -0.1) is 0 Å². The van der Waals surface area contributed by atoms with Gasteiger partial charge < -0.3 is 10.8 Å². The fourth-order valence-electron chi connectivity index (χ4n) is 2.45. The monoisotopic (exact) mass is 235 g/mol. The summed E-state index contributed by atoms with van der Waals surface area (Å²) in [5.74, 6) is -1.19. The quantitative estimate of drug-likeness (QED) is 0.824. The van der Waals surface area contributed by atoms with Crippen molar-refractivity contribution in [2.24, 2.45) is 5.73 Å². The molecule has 0 aliphatic heterocycles. The average Bonchev–Trinajstić information content (AvgIpc) is 2.20. The molecule has 94 valence electrons. The zero-order valence-electron chi connectivity index (χ0n) is 10.8. The predicted octanol–water partition coefficient (Wildman–Crippen LogP) is 2.52. The minimum Gasteiger partial charge on any atom is -0.481 e. The molecule has 0 fully saturated rings. The lowest BCUT2D eigenvalue weighted by Crippen LogP contribution is -2.16. The minimum atomic E-state index is -0.756. The van der Waals surface area contributed by atoms with Gasteiger partial charge in [0.1, 0.15) is 0 Å². The molecule has 0 bridgehead atoms. The number of nitrogens with two attached hydrogens (primary N) is 1. The summed E-state index contributed by atoms with van der Waals surface area (Å²) in [5.41, 5.74) is 9.71. The lowest BCUT2D eigenvalue weighted by Gasteiger charge is -2.18. The number of carboxylic acid groups (broad SMARTS) is 1. The van der Waals surface area contributed by atoms with Crippen LogP contribution in [0.5, 0.6) is 0 Å². The zero-order chi connectivity index (χ0) is 13.0. The second-order valence-corrected chi connectivity index (χ2v) is 4.63. The Morgan fingerprint density at radius 3 is 2.24 bits per heavy atom. The van der Waals surface area contributed by atoms with E-state index in [1.54, 1.807) is 0 Å². The topological polar surface area (TPSA) is 63.3 Å². The number of hydrogen-bond acceptors (Lipinski definition) is 2. The predicted molar refractivity (Wildman–Crippen MR) is 69.3 cm³/mol. The Morgan fingerprint density at radius 2 is 1.82 bits per heavy atom. The van der Waals surface area contributed by atoms with Crippen LogP contribution in [0.3, 0.4) is 0 Å². The Kier molecular flexibility index (Phi) is 4.70. The van der Waals surface area contributed by atoms with Crippen molar-refractivity contribution in [2.75, 3.05) is 6.54 Å². The van der Waals surface area contributed by atoms with Crippen molar-refractivity contribution >= 4 is 5.97 Å². The Balaban J connectivity index is 3.14. The molecule has 3 heteroatoms. The summed E-state index contributed by atoms with van der Waals surface area (Å²) < 4.78 is 0. The summed E-state index contributed by atoms with van der Waals surface area (Å²) in [5, 5.41) is 9.33. The maximum absolute atomic E-state index is 11.4. The molecule has 1 aromatic carbocycles. The van der Waals surface area contributed by atoms with E-state index in [0.29, 0.717) is 13.0 Å². The van der Waals surface area contributed by atoms with Crippen molar-refractivity contribution in [2.45, 2.75) is 39.5 Å². The van der Waals surface area contributed by atoms with Crippen molar-refractivity contribution in [1.29, 1.82) is 0 Å². The van der Waals surface area contributed by atoms with Crippen LogP contribution in [-0.2, 0) is 4.79 Å². The Hall–Kier alpha value is -1.35. The summed E-state index contributed by atoms with van der Waals surface area (Å²) in [6.07, 6.45) is 1.35. The van der Waals surface area contributed by atoms with Crippen molar-refractivity contribution in [3.05, 3.63) is 34.4 Å². The van der Waals surface area contributed by atoms with Crippen LogP contribution in [0.25, 0.3) is 0 Å². The Morgan fingerprint density at radius 1 is 1.29 bits per heavy atom. The molecule has 0 heterocycles. The number of aryl methyl sites for hydroxylation is 3. The number of hydrogen-bond donors (Lipinski definition) is 2. The van der Waals surface area contributed by atoms with E-state index in [1.807, 2.05) is 32.9 Å². The Labute approximate surface area is 103 Å². The second kappa shape index (κ2) is 5.82. The minimum absolute atomic E-state index is 0.431. The van der Waals surface area contributed by atoms with Crippen molar-refractivity contribution in [3.8, 4) is 0 Å². The smallest absolute Gasteiger partial charge is 0.310 e. The van der Waals surface area contributed by atoms with E-state index in [-0.39, 0.29) is 0 Å². The normalized spacial score (nSPS) is 12.5.